The van der Waals surface area contributed by atoms with E-state index in [-0.39, 0.29) is 11.2 Å². The van der Waals surface area contributed by atoms with Gasteiger partial charge in [0.05, 0.1) is 13.5 Å². The maximum atomic E-state index is 10.9. The van der Waals surface area contributed by atoms with E-state index in [1.54, 1.807) is 0 Å². The predicted octanol–water partition coefficient (Wildman–Crippen LogP) is 1.16. The van der Waals surface area contributed by atoms with Crippen LogP contribution in [0.5, 0.6) is 0 Å². The third-order valence-electron chi connectivity index (χ3n) is 1.41. The van der Waals surface area contributed by atoms with E-state index in [0.717, 1.165) is 4.34 Å². The summed E-state index contributed by atoms with van der Waals surface area (Å²) in [6.45, 7) is 1.93. The maximum Gasteiger partial charge on any atom is 0.306 e. The third kappa shape index (κ3) is 3.51. The molecule has 7 heteroatoms. The number of esters is 1. The molecular weight excluding hydrogens is 222 g/mol. The average molecular weight is 233 g/mol. The van der Waals surface area contributed by atoms with Crippen LogP contribution < -0.4 is 5.73 Å². The zero-order valence-corrected chi connectivity index (χ0v) is 9.52. The Morgan fingerprint density at radius 3 is 2.93 bits per heavy atom. The monoisotopic (exact) mass is 233 g/mol. The first-order chi connectivity index (χ1) is 6.61. The Labute approximate surface area is 90.0 Å². The number of hydrogen-bond donors (Lipinski definition) is 1. The summed E-state index contributed by atoms with van der Waals surface area (Å²) >= 11 is 2.79. The fourth-order valence-electron chi connectivity index (χ4n) is 0.800. The zero-order chi connectivity index (χ0) is 10.6. The zero-order valence-electron chi connectivity index (χ0n) is 7.89. The number of nitrogens with zero attached hydrogens (tertiary/aromatic N) is 2. The van der Waals surface area contributed by atoms with Gasteiger partial charge in [-0.15, -0.1) is 10.2 Å². The van der Waals surface area contributed by atoms with Crippen molar-refractivity contribution < 1.29 is 9.53 Å². The van der Waals surface area contributed by atoms with Gasteiger partial charge in [0.15, 0.2) is 4.34 Å². The highest BCUT2D eigenvalue weighted by molar-refractivity contribution is 8.01. The van der Waals surface area contributed by atoms with Gasteiger partial charge >= 0.3 is 5.97 Å². The number of thioether (sulfide) groups is 1. The van der Waals surface area contributed by atoms with E-state index in [1.807, 2.05) is 6.92 Å². The number of anilines is 1. The lowest BCUT2D eigenvalue weighted by Gasteiger charge is -2.05. The summed E-state index contributed by atoms with van der Waals surface area (Å²) in [5, 5.41) is 8.08. The molecule has 5 nitrogen and oxygen atoms in total. The van der Waals surface area contributed by atoms with Crippen LogP contribution in [-0.2, 0) is 9.53 Å². The molecule has 1 rings (SSSR count). The highest BCUT2D eigenvalue weighted by Crippen LogP contribution is 2.28. The van der Waals surface area contributed by atoms with E-state index < -0.39 is 0 Å². The van der Waals surface area contributed by atoms with Crippen molar-refractivity contribution in [3.05, 3.63) is 0 Å². The molecule has 2 N–H and O–H groups in total. The van der Waals surface area contributed by atoms with E-state index in [0.29, 0.717) is 11.6 Å². The molecule has 0 aliphatic rings. The van der Waals surface area contributed by atoms with Crippen LogP contribution in [0, 0.1) is 0 Å². The molecule has 78 valence electrons. The van der Waals surface area contributed by atoms with Crippen molar-refractivity contribution in [2.45, 2.75) is 22.9 Å². The summed E-state index contributed by atoms with van der Waals surface area (Å²) in [4.78, 5) is 10.9. The van der Waals surface area contributed by atoms with Crippen molar-refractivity contribution in [1.82, 2.24) is 10.2 Å². The van der Waals surface area contributed by atoms with Crippen molar-refractivity contribution in [2.24, 2.45) is 0 Å². The fraction of sp³-hybridized carbons (Fsp3) is 0.571. The molecule has 0 aliphatic heterocycles. The summed E-state index contributed by atoms with van der Waals surface area (Å²) in [6.07, 6.45) is 0.362. The molecule has 1 atom stereocenters. The molecule has 0 saturated heterocycles. The average Bonchev–Trinajstić information content (AvgIpc) is 2.50. The van der Waals surface area contributed by atoms with Crippen LogP contribution in [0.15, 0.2) is 4.34 Å². The molecule has 1 heterocycles. The van der Waals surface area contributed by atoms with Gasteiger partial charge in [0.1, 0.15) is 0 Å². The summed E-state index contributed by atoms with van der Waals surface area (Å²) in [5.74, 6) is -0.220. The molecule has 0 spiro atoms. The summed E-state index contributed by atoms with van der Waals surface area (Å²) < 4.78 is 5.33. The van der Waals surface area contributed by atoms with Crippen molar-refractivity contribution in [3.63, 3.8) is 0 Å². The van der Waals surface area contributed by atoms with Gasteiger partial charge in [-0.3, -0.25) is 4.79 Å². The number of nitrogens with two attached hydrogens (primary N) is 1. The van der Waals surface area contributed by atoms with Gasteiger partial charge in [0.2, 0.25) is 5.13 Å². The highest BCUT2D eigenvalue weighted by Gasteiger charge is 2.12. The predicted molar refractivity (Wildman–Crippen MR) is 56.3 cm³/mol. The lowest BCUT2D eigenvalue weighted by molar-refractivity contribution is -0.140. The molecule has 0 aliphatic carbocycles. The molecule has 0 aromatic carbocycles. The first kappa shape index (κ1) is 11.3. The van der Waals surface area contributed by atoms with Crippen LogP contribution in [-0.4, -0.2) is 28.5 Å². The number of nitrogen functional groups attached to an aromatic ring is 1. The topological polar surface area (TPSA) is 78.1 Å². The molecule has 14 heavy (non-hydrogen) atoms. The molecule has 0 amide bonds. The lowest BCUT2D eigenvalue weighted by Crippen LogP contribution is -2.08. The van der Waals surface area contributed by atoms with E-state index in [4.69, 9.17) is 5.73 Å². The Bertz CT molecular complexity index is 316. The van der Waals surface area contributed by atoms with E-state index in [2.05, 4.69) is 14.9 Å². The minimum atomic E-state index is -0.220. The number of methoxy groups -OCH3 is 1. The van der Waals surface area contributed by atoms with Gasteiger partial charge in [-0.25, -0.2) is 0 Å². The Morgan fingerprint density at radius 1 is 1.71 bits per heavy atom. The number of carbonyl (C=O) groups is 1. The second kappa shape index (κ2) is 5.16. The van der Waals surface area contributed by atoms with Crippen LogP contribution in [0.4, 0.5) is 5.13 Å². The number of rotatable bonds is 4. The molecule has 1 aromatic heterocycles. The SMILES string of the molecule is COC(=O)CC(C)Sc1nnc(N)s1. The van der Waals surface area contributed by atoms with Crippen molar-refractivity contribution in [3.8, 4) is 0 Å². The highest BCUT2D eigenvalue weighted by atomic mass is 32.2. The second-order valence-electron chi connectivity index (χ2n) is 2.61. The first-order valence-corrected chi connectivity index (χ1v) is 5.64. The fourth-order valence-corrected chi connectivity index (χ4v) is 2.74. The van der Waals surface area contributed by atoms with E-state index >= 15 is 0 Å². The Morgan fingerprint density at radius 2 is 2.43 bits per heavy atom. The molecule has 0 radical (unpaired) electrons. The smallest absolute Gasteiger partial charge is 0.306 e. The Hall–Kier alpha value is -0.820. The van der Waals surface area contributed by atoms with E-state index in [9.17, 15) is 4.79 Å². The first-order valence-electron chi connectivity index (χ1n) is 3.94. The number of hydrogen-bond acceptors (Lipinski definition) is 7. The number of aromatic nitrogens is 2. The Kier molecular flexibility index (Phi) is 4.15. The van der Waals surface area contributed by atoms with Crippen molar-refractivity contribution in [1.29, 1.82) is 0 Å². The largest absolute Gasteiger partial charge is 0.469 e. The minimum absolute atomic E-state index is 0.120. The molecule has 1 unspecified atom stereocenters. The van der Waals surface area contributed by atoms with Crippen molar-refractivity contribution in [2.75, 3.05) is 12.8 Å². The summed E-state index contributed by atoms with van der Waals surface area (Å²) in [7, 11) is 1.38. The second-order valence-corrected chi connectivity index (χ2v) is 5.31. The molecule has 0 fully saturated rings. The van der Waals surface area contributed by atoms with Gasteiger partial charge in [-0.05, 0) is 0 Å². The van der Waals surface area contributed by atoms with E-state index in [1.165, 1.54) is 30.2 Å². The molecular formula is C7H11N3O2S2. The normalized spacial score (nSPS) is 12.4. The quantitative estimate of drug-likeness (QED) is 0.621. The molecule has 0 bridgehead atoms. The van der Waals surface area contributed by atoms with Crippen LogP contribution in [0.2, 0.25) is 0 Å². The molecule has 0 saturated carbocycles. The lowest BCUT2D eigenvalue weighted by atomic mass is 10.3. The minimum Gasteiger partial charge on any atom is -0.469 e. The number of ether oxygens (including phenoxy) is 1. The van der Waals surface area contributed by atoms with Crippen LogP contribution in [0.3, 0.4) is 0 Å². The summed E-state index contributed by atoms with van der Waals surface area (Å²) in [5.41, 5.74) is 5.42. The van der Waals surface area contributed by atoms with Crippen LogP contribution in [0.25, 0.3) is 0 Å². The van der Waals surface area contributed by atoms with Gasteiger partial charge in [0.25, 0.3) is 0 Å². The standard InChI is InChI=1S/C7H11N3O2S2/c1-4(3-5(11)12-2)13-7-10-9-6(8)14-7/h4H,3H2,1-2H3,(H2,8,9). The third-order valence-corrected chi connectivity index (χ3v) is 3.34. The summed E-state index contributed by atoms with van der Waals surface area (Å²) in [6, 6.07) is 0. The number of carbonyl (C=O) groups excluding carboxylic acids is 1. The van der Waals surface area contributed by atoms with Crippen molar-refractivity contribution >= 4 is 34.2 Å². The Balaban J connectivity index is 2.41. The van der Waals surface area contributed by atoms with Gasteiger partial charge in [-0.1, -0.05) is 30.0 Å². The molecule has 1 aromatic rings. The van der Waals surface area contributed by atoms with Gasteiger partial charge < -0.3 is 10.5 Å². The maximum absolute atomic E-state index is 10.9. The van der Waals surface area contributed by atoms with Gasteiger partial charge in [-0.2, -0.15) is 0 Å². The van der Waals surface area contributed by atoms with Crippen LogP contribution >= 0.6 is 23.1 Å². The van der Waals surface area contributed by atoms with Crippen LogP contribution in [0.1, 0.15) is 13.3 Å². The van der Waals surface area contributed by atoms with Gasteiger partial charge in [0, 0.05) is 5.25 Å².